The Labute approximate surface area is 135 Å². The highest BCUT2D eigenvalue weighted by atomic mass is 16.3. The van der Waals surface area contributed by atoms with Crippen LogP contribution in [0.15, 0.2) is 51.7 Å². The number of aryl methyl sites for hydroxylation is 1. The van der Waals surface area contributed by atoms with Gasteiger partial charge in [0, 0.05) is 24.1 Å². The molecule has 0 spiro atoms. The van der Waals surface area contributed by atoms with E-state index in [2.05, 4.69) is 31.3 Å². The number of carbonyl (C=O) groups excluding carboxylic acids is 1. The predicted octanol–water partition coefficient (Wildman–Crippen LogP) is 3.05. The number of benzene rings is 1. The molecular weight excluding hydrogens is 290 g/mol. The Morgan fingerprint density at radius 3 is 2.43 bits per heavy atom. The largest absolute Gasteiger partial charge is 0.456 e. The second-order valence-corrected chi connectivity index (χ2v) is 6.96. The number of carbonyl (C=O) groups is 1. The van der Waals surface area contributed by atoms with Crippen LogP contribution in [-0.4, -0.2) is 12.5 Å². The summed E-state index contributed by atoms with van der Waals surface area (Å²) in [6.45, 7) is 6.60. The molecule has 1 fully saturated rings. The van der Waals surface area contributed by atoms with Crippen molar-refractivity contribution < 1.29 is 9.21 Å². The Morgan fingerprint density at radius 1 is 1.22 bits per heavy atom. The van der Waals surface area contributed by atoms with E-state index >= 15 is 0 Å². The van der Waals surface area contributed by atoms with Crippen molar-refractivity contribution in [2.45, 2.75) is 32.6 Å². The zero-order valence-corrected chi connectivity index (χ0v) is 13.7. The first-order chi connectivity index (χ1) is 10.8. The van der Waals surface area contributed by atoms with E-state index in [1.54, 1.807) is 6.92 Å². The third kappa shape index (κ3) is 2.81. The first-order valence-corrected chi connectivity index (χ1v) is 7.80. The lowest BCUT2D eigenvalue weighted by atomic mass is 9.88. The quantitative estimate of drug-likeness (QED) is 0.944. The Morgan fingerprint density at radius 2 is 1.87 bits per heavy atom. The highest BCUT2D eigenvalue weighted by molar-refractivity contribution is 5.91. The zero-order valence-electron chi connectivity index (χ0n) is 13.7. The monoisotopic (exact) mass is 311 g/mol. The van der Waals surface area contributed by atoms with Gasteiger partial charge in [-0.3, -0.25) is 9.59 Å². The molecule has 1 aliphatic rings. The zero-order chi connectivity index (χ0) is 16.7. The van der Waals surface area contributed by atoms with Crippen molar-refractivity contribution in [3.63, 3.8) is 0 Å². The summed E-state index contributed by atoms with van der Waals surface area (Å²) < 4.78 is 5.35. The van der Waals surface area contributed by atoms with Crippen LogP contribution in [0.5, 0.6) is 0 Å². The van der Waals surface area contributed by atoms with Crippen LogP contribution >= 0.6 is 0 Å². The molecule has 1 atom stereocenters. The number of rotatable bonds is 4. The molecule has 4 heteroatoms. The predicted molar refractivity (Wildman–Crippen MR) is 88.6 cm³/mol. The molecule has 1 aliphatic carbocycles. The van der Waals surface area contributed by atoms with Crippen LogP contribution in [0.1, 0.15) is 42.1 Å². The number of hydrogen-bond donors (Lipinski definition) is 1. The molecule has 0 radical (unpaired) electrons. The van der Waals surface area contributed by atoms with E-state index in [1.807, 2.05) is 18.2 Å². The minimum atomic E-state index is -0.344. The first kappa shape index (κ1) is 15.5. The normalized spacial score (nSPS) is 21.7. The molecule has 1 saturated carbocycles. The molecule has 0 saturated heterocycles. The first-order valence-electron chi connectivity index (χ1n) is 7.80. The van der Waals surface area contributed by atoms with Crippen LogP contribution in [0.4, 0.5) is 0 Å². The lowest BCUT2D eigenvalue weighted by molar-refractivity contribution is 0.0916. The molecule has 120 valence electrons. The van der Waals surface area contributed by atoms with E-state index in [0.717, 1.165) is 6.42 Å². The summed E-state index contributed by atoms with van der Waals surface area (Å²) >= 11 is 0. The third-order valence-corrected chi connectivity index (χ3v) is 4.90. The summed E-state index contributed by atoms with van der Waals surface area (Å²) in [4.78, 5) is 23.8. The number of amides is 1. The molecule has 0 bridgehead atoms. The van der Waals surface area contributed by atoms with E-state index < -0.39 is 0 Å². The molecule has 1 aromatic carbocycles. The number of nitrogens with one attached hydrogen (secondary N) is 1. The van der Waals surface area contributed by atoms with Crippen molar-refractivity contribution >= 4 is 5.91 Å². The molecule has 1 unspecified atom stereocenters. The minimum absolute atomic E-state index is 0.0615. The van der Waals surface area contributed by atoms with Gasteiger partial charge >= 0.3 is 0 Å². The molecule has 4 nitrogen and oxygen atoms in total. The Bertz CT molecular complexity index is 792. The molecule has 2 aromatic rings. The van der Waals surface area contributed by atoms with Gasteiger partial charge in [-0.05, 0) is 24.3 Å². The topological polar surface area (TPSA) is 59.3 Å². The SMILES string of the molecule is Cc1cc(=O)cc(C(=O)NCC2(c3ccccc3)CC2(C)C)o1. The van der Waals surface area contributed by atoms with Gasteiger partial charge < -0.3 is 9.73 Å². The smallest absolute Gasteiger partial charge is 0.287 e. The second kappa shape index (κ2) is 5.37. The molecule has 1 amide bonds. The van der Waals surface area contributed by atoms with Gasteiger partial charge in [-0.1, -0.05) is 44.2 Å². The molecule has 1 heterocycles. The van der Waals surface area contributed by atoms with Crippen molar-refractivity contribution in [1.82, 2.24) is 5.32 Å². The second-order valence-electron chi connectivity index (χ2n) is 6.96. The molecule has 23 heavy (non-hydrogen) atoms. The Hall–Kier alpha value is -2.36. The summed E-state index contributed by atoms with van der Waals surface area (Å²) in [5.74, 6) is 0.160. The van der Waals surface area contributed by atoms with E-state index in [9.17, 15) is 9.59 Å². The van der Waals surface area contributed by atoms with Crippen LogP contribution in [0.2, 0.25) is 0 Å². The van der Waals surface area contributed by atoms with Gasteiger partial charge in [-0.25, -0.2) is 0 Å². The van der Waals surface area contributed by atoms with Crippen LogP contribution in [0.3, 0.4) is 0 Å². The molecular formula is C19H21NO3. The van der Waals surface area contributed by atoms with Gasteiger partial charge in [0.25, 0.3) is 5.91 Å². The van der Waals surface area contributed by atoms with Crippen molar-refractivity contribution in [3.8, 4) is 0 Å². The highest BCUT2D eigenvalue weighted by Gasteiger charge is 2.61. The summed E-state index contributed by atoms with van der Waals surface area (Å²) in [5.41, 5.74) is 1.09. The molecule has 1 aromatic heterocycles. The lowest BCUT2D eigenvalue weighted by Gasteiger charge is -2.21. The third-order valence-electron chi connectivity index (χ3n) is 4.90. The van der Waals surface area contributed by atoms with Crippen molar-refractivity contribution in [1.29, 1.82) is 0 Å². The van der Waals surface area contributed by atoms with Gasteiger partial charge in [-0.2, -0.15) is 0 Å². The maximum atomic E-state index is 12.3. The van der Waals surface area contributed by atoms with Crippen LogP contribution in [0.25, 0.3) is 0 Å². The van der Waals surface area contributed by atoms with E-state index in [4.69, 9.17) is 4.42 Å². The van der Waals surface area contributed by atoms with Gasteiger partial charge in [0.15, 0.2) is 11.2 Å². The standard InChI is InChI=1S/C19H21NO3/c1-13-9-15(21)10-16(23-13)17(22)20-12-19(11-18(19,2)3)14-7-5-4-6-8-14/h4-10H,11-12H2,1-3H3,(H,20,22). The van der Waals surface area contributed by atoms with Crippen LogP contribution < -0.4 is 10.7 Å². The Kier molecular flexibility index (Phi) is 3.63. The van der Waals surface area contributed by atoms with Gasteiger partial charge in [0.05, 0.1) is 0 Å². The van der Waals surface area contributed by atoms with Crippen molar-refractivity contribution in [2.75, 3.05) is 6.54 Å². The van der Waals surface area contributed by atoms with E-state index in [1.165, 1.54) is 17.7 Å². The summed E-state index contributed by atoms with van der Waals surface area (Å²) in [7, 11) is 0. The average molecular weight is 311 g/mol. The van der Waals surface area contributed by atoms with Crippen LogP contribution in [-0.2, 0) is 5.41 Å². The maximum Gasteiger partial charge on any atom is 0.287 e. The van der Waals surface area contributed by atoms with E-state index in [-0.39, 0.29) is 27.9 Å². The van der Waals surface area contributed by atoms with Crippen LogP contribution in [0, 0.1) is 12.3 Å². The summed E-state index contributed by atoms with van der Waals surface area (Å²) in [6, 6.07) is 12.8. The lowest BCUT2D eigenvalue weighted by Crippen LogP contribution is -2.35. The maximum absolute atomic E-state index is 12.3. The number of hydrogen-bond acceptors (Lipinski definition) is 3. The summed E-state index contributed by atoms with van der Waals surface area (Å²) in [6.07, 6.45) is 1.02. The van der Waals surface area contributed by atoms with Crippen molar-refractivity contribution in [3.05, 3.63) is 69.8 Å². The van der Waals surface area contributed by atoms with E-state index in [0.29, 0.717) is 12.3 Å². The van der Waals surface area contributed by atoms with Gasteiger partial charge in [-0.15, -0.1) is 0 Å². The fourth-order valence-corrected chi connectivity index (χ4v) is 3.40. The average Bonchev–Trinajstić information content (AvgIpc) is 3.07. The fourth-order valence-electron chi connectivity index (χ4n) is 3.40. The minimum Gasteiger partial charge on any atom is -0.456 e. The summed E-state index contributed by atoms with van der Waals surface area (Å²) in [5, 5.41) is 2.94. The van der Waals surface area contributed by atoms with Crippen molar-refractivity contribution in [2.24, 2.45) is 5.41 Å². The Balaban J connectivity index is 1.79. The molecule has 3 rings (SSSR count). The highest BCUT2D eigenvalue weighted by Crippen LogP contribution is 2.63. The molecule has 1 N–H and O–H groups in total. The fraction of sp³-hybridized carbons (Fsp3) is 0.368. The molecule has 0 aliphatic heterocycles. The van der Waals surface area contributed by atoms with Gasteiger partial charge in [0.1, 0.15) is 5.76 Å². The van der Waals surface area contributed by atoms with Gasteiger partial charge in [0.2, 0.25) is 0 Å².